The van der Waals surface area contributed by atoms with Crippen LogP contribution in [-0.4, -0.2) is 27.4 Å². The van der Waals surface area contributed by atoms with E-state index in [2.05, 4.69) is 16.9 Å². The van der Waals surface area contributed by atoms with Crippen molar-refractivity contribution in [3.05, 3.63) is 106 Å². The van der Waals surface area contributed by atoms with Crippen LogP contribution in [0.25, 0.3) is 10.9 Å². The molecule has 0 aliphatic heterocycles. The van der Waals surface area contributed by atoms with Gasteiger partial charge in [0.25, 0.3) is 11.5 Å². The molecule has 0 atom stereocenters. The Hall–Kier alpha value is -3.93. The van der Waals surface area contributed by atoms with Crippen LogP contribution in [0.3, 0.4) is 0 Å². The standard InChI is InChI=1S/C27H27N3O3/c1-2-3-17-33-22-15-13-21(14-16-22)27(32)30(18-20-9-5-4-6-10-20)19-25-28-24-12-8-7-11-23(24)26(31)29-25/h4-16H,2-3,17-19H2,1H3,(H,28,29,31). The van der Waals surface area contributed by atoms with Gasteiger partial charge in [0.2, 0.25) is 0 Å². The zero-order valence-electron chi connectivity index (χ0n) is 18.7. The molecule has 1 heterocycles. The number of aromatic amines is 1. The summed E-state index contributed by atoms with van der Waals surface area (Å²) in [5, 5.41) is 0.529. The number of hydrogen-bond acceptors (Lipinski definition) is 4. The van der Waals surface area contributed by atoms with Crippen molar-refractivity contribution < 1.29 is 9.53 Å². The molecule has 168 valence electrons. The lowest BCUT2D eigenvalue weighted by atomic mass is 10.1. The highest BCUT2D eigenvalue weighted by Gasteiger charge is 2.18. The number of fused-ring (bicyclic) bond motifs is 1. The van der Waals surface area contributed by atoms with Gasteiger partial charge in [0, 0.05) is 12.1 Å². The van der Waals surface area contributed by atoms with Gasteiger partial charge in [-0.25, -0.2) is 4.98 Å². The van der Waals surface area contributed by atoms with Crippen LogP contribution in [-0.2, 0) is 13.1 Å². The van der Waals surface area contributed by atoms with Crippen molar-refractivity contribution >= 4 is 16.8 Å². The van der Waals surface area contributed by atoms with Crippen LogP contribution in [0, 0.1) is 0 Å². The van der Waals surface area contributed by atoms with Crippen LogP contribution >= 0.6 is 0 Å². The number of benzene rings is 3. The maximum atomic E-state index is 13.4. The van der Waals surface area contributed by atoms with Gasteiger partial charge in [0.15, 0.2) is 0 Å². The molecule has 0 spiro atoms. The molecule has 4 rings (SSSR count). The number of aromatic nitrogens is 2. The second-order valence-electron chi connectivity index (χ2n) is 7.90. The number of unbranched alkanes of at least 4 members (excludes halogenated alkanes) is 1. The Morgan fingerprint density at radius 1 is 0.939 bits per heavy atom. The summed E-state index contributed by atoms with van der Waals surface area (Å²) in [6.07, 6.45) is 2.05. The summed E-state index contributed by atoms with van der Waals surface area (Å²) < 4.78 is 5.71. The van der Waals surface area contributed by atoms with E-state index < -0.39 is 0 Å². The van der Waals surface area contributed by atoms with Gasteiger partial charge >= 0.3 is 0 Å². The molecule has 6 heteroatoms. The Kier molecular flexibility index (Phi) is 7.15. The van der Waals surface area contributed by atoms with E-state index in [-0.39, 0.29) is 18.0 Å². The number of nitrogens with zero attached hydrogens (tertiary/aromatic N) is 2. The van der Waals surface area contributed by atoms with E-state index in [4.69, 9.17) is 4.74 Å². The third-order valence-electron chi connectivity index (χ3n) is 5.37. The molecule has 0 bridgehead atoms. The van der Waals surface area contributed by atoms with Crippen molar-refractivity contribution in [1.82, 2.24) is 14.9 Å². The fraction of sp³-hybridized carbons (Fsp3) is 0.222. The van der Waals surface area contributed by atoms with E-state index in [9.17, 15) is 9.59 Å². The van der Waals surface area contributed by atoms with Gasteiger partial charge in [0.1, 0.15) is 11.6 Å². The zero-order valence-corrected chi connectivity index (χ0v) is 18.7. The third-order valence-corrected chi connectivity index (χ3v) is 5.37. The number of rotatable bonds is 9. The first kappa shape index (κ1) is 22.3. The fourth-order valence-corrected chi connectivity index (χ4v) is 3.60. The highest BCUT2D eigenvalue weighted by atomic mass is 16.5. The molecule has 4 aromatic rings. The first-order chi connectivity index (χ1) is 16.1. The molecule has 0 unspecified atom stereocenters. The summed E-state index contributed by atoms with van der Waals surface area (Å²) in [4.78, 5) is 35.1. The van der Waals surface area contributed by atoms with Gasteiger partial charge < -0.3 is 14.6 Å². The summed E-state index contributed by atoms with van der Waals surface area (Å²) in [7, 11) is 0. The molecule has 3 aromatic carbocycles. The summed E-state index contributed by atoms with van der Waals surface area (Å²) in [5.74, 6) is 1.05. The first-order valence-electron chi connectivity index (χ1n) is 11.2. The van der Waals surface area contributed by atoms with Gasteiger partial charge in [-0.2, -0.15) is 0 Å². The normalized spacial score (nSPS) is 10.8. The summed E-state index contributed by atoms with van der Waals surface area (Å²) in [6, 6.07) is 24.1. The first-order valence-corrected chi connectivity index (χ1v) is 11.2. The lowest BCUT2D eigenvalue weighted by molar-refractivity contribution is 0.0725. The minimum atomic E-state index is -0.212. The van der Waals surface area contributed by atoms with Crippen LogP contribution in [0.1, 0.15) is 41.5 Å². The van der Waals surface area contributed by atoms with E-state index in [0.29, 0.717) is 35.4 Å². The maximum absolute atomic E-state index is 13.4. The van der Waals surface area contributed by atoms with Gasteiger partial charge in [0.05, 0.1) is 24.1 Å². The fourth-order valence-electron chi connectivity index (χ4n) is 3.60. The Bertz CT molecular complexity index is 1270. The lowest BCUT2D eigenvalue weighted by Gasteiger charge is -2.23. The number of carbonyl (C=O) groups is 1. The zero-order chi connectivity index (χ0) is 23.0. The van der Waals surface area contributed by atoms with E-state index >= 15 is 0 Å². The van der Waals surface area contributed by atoms with E-state index in [1.165, 1.54) is 0 Å². The largest absolute Gasteiger partial charge is 0.494 e. The monoisotopic (exact) mass is 441 g/mol. The molecule has 1 N–H and O–H groups in total. The molecule has 0 radical (unpaired) electrons. The van der Waals surface area contributed by atoms with Crippen molar-refractivity contribution in [3.63, 3.8) is 0 Å². The van der Waals surface area contributed by atoms with E-state index in [1.54, 1.807) is 35.2 Å². The van der Waals surface area contributed by atoms with E-state index in [0.717, 1.165) is 24.2 Å². The van der Waals surface area contributed by atoms with Gasteiger partial charge in [-0.05, 0) is 48.4 Å². The number of H-pyrrole nitrogens is 1. The van der Waals surface area contributed by atoms with Gasteiger partial charge in [-0.1, -0.05) is 55.8 Å². The minimum Gasteiger partial charge on any atom is -0.494 e. The smallest absolute Gasteiger partial charge is 0.258 e. The molecule has 1 amide bonds. The molecule has 0 fully saturated rings. The minimum absolute atomic E-state index is 0.144. The molecular formula is C27H27N3O3. The Morgan fingerprint density at radius 3 is 2.42 bits per heavy atom. The maximum Gasteiger partial charge on any atom is 0.258 e. The topological polar surface area (TPSA) is 75.3 Å². The summed E-state index contributed by atoms with van der Waals surface area (Å²) in [6.45, 7) is 3.35. The third kappa shape index (κ3) is 5.66. The van der Waals surface area contributed by atoms with Crippen molar-refractivity contribution in [3.8, 4) is 5.75 Å². The highest BCUT2D eigenvalue weighted by Crippen LogP contribution is 2.17. The van der Waals surface area contributed by atoms with Crippen molar-refractivity contribution in [2.75, 3.05) is 6.61 Å². The van der Waals surface area contributed by atoms with Crippen LogP contribution in [0.5, 0.6) is 5.75 Å². The Balaban J connectivity index is 1.59. The van der Waals surface area contributed by atoms with Crippen LogP contribution in [0.4, 0.5) is 0 Å². The van der Waals surface area contributed by atoms with Crippen LogP contribution < -0.4 is 10.3 Å². The number of hydrogen-bond donors (Lipinski definition) is 1. The van der Waals surface area contributed by atoms with Gasteiger partial charge in [-0.15, -0.1) is 0 Å². The summed E-state index contributed by atoms with van der Waals surface area (Å²) in [5.41, 5.74) is 1.94. The number of nitrogens with one attached hydrogen (secondary N) is 1. The average Bonchev–Trinajstić information content (AvgIpc) is 2.84. The van der Waals surface area contributed by atoms with Gasteiger partial charge in [-0.3, -0.25) is 9.59 Å². The quantitative estimate of drug-likeness (QED) is 0.373. The van der Waals surface area contributed by atoms with Crippen LogP contribution in [0.2, 0.25) is 0 Å². The van der Waals surface area contributed by atoms with Crippen molar-refractivity contribution in [2.45, 2.75) is 32.9 Å². The molecule has 1 aromatic heterocycles. The van der Waals surface area contributed by atoms with Crippen molar-refractivity contribution in [2.24, 2.45) is 0 Å². The number of ether oxygens (including phenoxy) is 1. The molecule has 33 heavy (non-hydrogen) atoms. The second-order valence-corrected chi connectivity index (χ2v) is 7.90. The average molecular weight is 442 g/mol. The van der Waals surface area contributed by atoms with Crippen LogP contribution in [0.15, 0.2) is 83.7 Å². The SMILES string of the molecule is CCCCOc1ccc(C(=O)N(Cc2ccccc2)Cc2nc3ccccc3c(=O)[nH]2)cc1. The summed E-state index contributed by atoms with van der Waals surface area (Å²) >= 11 is 0. The predicted octanol–water partition coefficient (Wildman–Crippen LogP) is 4.94. The molecule has 0 saturated carbocycles. The number of para-hydroxylation sites is 1. The Labute approximate surface area is 192 Å². The number of carbonyl (C=O) groups excluding carboxylic acids is 1. The lowest BCUT2D eigenvalue weighted by Crippen LogP contribution is -2.31. The van der Waals surface area contributed by atoms with Crippen molar-refractivity contribution in [1.29, 1.82) is 0 Å². The molecule has 0 aliphatic rings. The molecule has 0 aliphatic carbocycles. The molecule has 0 saturated heterocycles. The second kappa shape index (κ2) is 10.6. The van der Waals surface area contributed by atoms with E-state index in [1.807, 2.05) is 48.5 Å². The molecule has 6 nitrogen and oxygen atoms in total. The molecular weight excluding hydrogens is 414 g/mol. The Morgan fingerprint density at radius 2 is 1.67 bits per heavy atom. The predicted molar refractivity (Wildman–Crippen MR) is 129 cm³/mol. The highest BCUT2D eigenvalue weighted by molar-refractivity contribution is 5.94. The number of amides is 1.